The van der Waals surface area contributed by atoms with Crippen molar-refractivity contribution in [1.82, 2.24) is 4.98 Å². The number of carbonyl (C=O) groups excluding carboxylic acids is 1. The summed E-state index contributed by atoms with van der Waals surface area (Å²) in [5, 5.41) is 4.03. The molecule has 1 amide bonds. The fraction of sp³-hybridized carbons (Fsp3) is 0.111. The second-order valence-electron chi connectivity index (χ2n) is 5.17. The lowest BCUT2D eigenvalue weighted by Crippen LogP contribution is -2.06. The molecule has 0 spiro atoms. The zero-order valence-corrected chi connectivity index (χ0v) is 14.5. The maximum atomic E-state index is 11.9. The third kappa shape index (κ3) is 4.34. The van der Waals surface area contributed by atoms with Gasteiger partial charge >= 0.3 is 0 Å². The lowest BCUT2D eigenvalue weighted by Gasteiger charge is -2.00. The first-order valence-corrected chi connectivity index (χ1v) is 8.53. The van der Waals surface area contributed by atoms with Crippen LogP contribution < -0.4 is 5.32 Å². The first-order valence-electron chi connectivity index (χ1n) is 7.34. The van der Waals surface area contributed by atoms with Crippen LogP contribution in [0.3, 0.4) is 0 Å². The number of nitrogens with one attached hydrogen (secondary N) is 1. The summed E-state index contributed by atoms with van der Waals surface area (Å²) in [4.78, 5) is 17.2. The molecular weight excluding hydrogens is 344 g/mol. The highest BCUT2D eigenvalue weighted by Gasteiger charge is 2.07. The van der Waals surface area contributed by atoms with Gasteiger partial charge in [0.2, 0.25) is 5.91 Å². The van der Waals surface area contributed by atoms with E-state index in [4.69, 9.17) is 16.0 Å². The summed E-state index contributed by atoms with van der Waals surface area (Å²) in [6.45, 7) is 1.85. The monoisotopic (exact) mass is 358 g/mol. The number of carbonyl (C=O) groups is 1. The van der Waals surface area contributed by atoms with Crippen molar-refractivity contribution < 1.29 is 9.21 Å². The Morgan fingerprint density at radius 1 is 1.33 bits per heavy atom. The topological polar surface area (TPSA) is 55.1 Å². The number of amides is 1. The van der Waals surface area contributed by atoms with E-state index in [9.17, 15) is 4.79 Å². The van der Waals surface area contributed by atoms with Gasteiger partial charge in [-0.25, -0.2) is 4.98 Å². The van der Waals surface area contributed by atoms with E-state index in [0.29, 0.717) is 17.3 Å². The molecule has 1 aromatic carbocycles. The lowest BCUT2D eigenvalue weighted by molar-refractivity contribution is -0.111. The lowest BCUT2D eigenvalue weighted by atomic mass is 10.1. The van der Waals surface area contributed by atoms with Crippen LogP contribution in [-0.4, -0.2) is 10.9 Å². The number of thiazole rings is 1. The van der Waals surface area contributed by atoms with E-state index >= 15 is 0 Å². The number of nitrogens with zero attached hydrogens (tertiary/aromatic N) is 1. The summed E-state index contributed by atoms with van der Waals surface area (Å²) in [5.74, 6) is 1.20. The van der Waals surface area contributed by atoms with E-state index in [1.165, 1.54) is 17.4 Å². The van der Waals surface area contributed by atoms with Gasteiger partial charge in [-0.1, -0.05) is 29.8 Å². The Morgan fingerprint density at radius 2 is 2.17 bits per heavy atom. The Morgan fingerprint density at radius 3 is 2.92 bits per heavy atom. The van der Waals surface area contributed by atoms with Gasteiger partial charge in [0.05, 0.1) is 0 Å². The van der Waals surface area contributed by atoms with Crippen molar-refractivity contribution in [3.63, 3.8) is 0 Å². The van der Waals surface area contributed by atoms with E-state index in [1.807, 2.05) is 43.3 Å². The molecule has 0 fully saturated rings. The summed E-state index contributed by atoms with van der Waals surface area (Å²) < 4.78 is 5.37. The Bertz CT molecular complexity index is 883. The molecule has 1 N–H and O–H groups in total. The van der Waals surface area contributed by atoms with Crippen LogP contribution in [0.5, 0.6) is 0 Å². The number of anilines is 1. The number of aryl methyl sites for hydroxylation is 1. The fourth-order valence-corrected chi connectivity index (χ4v) is 3.17. The van der Waals surface area contributed by atoms with Crippen LogP contribution in [0.4, 0.5) is 5.13 Å². The van der Waals surface area contributed by atoms with Crippen molar-refractivity contribution in [2.24, 2.45) is 0 Å². The molecule has 0 aliphatic rings. The smallest absolute Gasteiger partial charge is 0.250 e. The zero-order valence-electron chi connectivity index (χ0n) is 13.0. The van der Waals surface area contributed by atoms with Gasteiger partial charge in [0.1, 0.15) is 11.5 Å². The predicted octanol–water partition coefficient (Wildman–Crippen LogP) is 4.94. The molecule has 24 heavy (non-hydrogen) atoms. The van der Waals surface area contributed by atoms with Crippen LogP contribution in [0.2, 0.25) is 5.02 Å². The van der Waals surface area contributed by atoms with Gasteiger partial charge in [0, 0.05) is 28.6 Å². The number of halogens is 1. The quantitative estimate of drug-likeness (QED) is 0.657. The average molecular weight is 359 g/mol. The van der Waals surface area contributed by atoms with Crippen LogP contribution in [-0.2, 0) is 11.2 Å². The fourth-order valence-electron chi connectivity index (χ4n) is 2.12. The van der Waals surface area contributed by atoms with Crippen molar-refractivity contribution in [2.45, 2.75) is 13.3 Å². The molecule has 0 saturated heterocycles. The van der Waals surface area contributed by atoms with Crippen LogP contribution in [0, 0.1) is 6.92 Å². The molecule has 0 saturated carbocycles. The van der Waals surface area contributed by atoms with Crippen LogP contribution in [0.25, 0.3) is 6.08 Å². The van der Waals surface area contributed by atoms with E-state index < -0.39 is 0 Å². The minimum atomic E-state index is -0.248. The van der Waals surface area contributed by atoms with E-state index in [1.54, 1.807) is 12.3 Å². The Kier molecular flexibility index (Phi) is 5.13. The molecular formula is C18H15ClN2O2S. The van der Waals surface area contributed by atoms with Gasteiger partial charge in [-0.3, -0.25) is 10.1 Å². The van der Waals surface area contributed by atoms with E-state index in [-0.39, 0.29) is 5.91 Å². The molecule has 122 valence electrons. The first-order chi connectivity index (χ1) is 11.6. The molecule has 0 aliphatic heterocycles. The maximum absolute atomic E-state index is 11.9. The van der Waals surface area contributed by atoms with Crippen LogP contribution in [0.1, 0.15) is 22.0 Å². The zero-order chi connectivity index (χ0) is 16.9. The molecule has 0 atom stereocenters. The number of benzene rings is 1. The number of furan rings is 1. The minimum absolute atomic E-state index is 0.248. The Hall–Kier alpha value is -2.37. The Labute approximate surface area is 148 Å². The maximum Gasteiger partial charge on any atom is 0.250 e. The van der Waals surface area contributed by atoms with Crippen LogP contribution in [0.15, 0.2) is 53.1 Å². The van der Waals surface area contributed by atoms with Gasteiger partial charge in [-0.15, -0.1) is 11.3 Å². The molecule has 4 nitrogen and oxygen atoms in total. The number of rotatable bonds is 5. The molecule has 0 aliphatic carbocycles. The van der Waals surface area contributed by atoms with Crippen molar-refractivity contribution >= 4 is 40.1 Å². The highest BCUT2D eigenvalue weighted by Crippen LogP contribution is 2.24. The van der Waals surface area contributed by atoms with Crippen LogP contribution >= 0.6 is 22.9 Å². The van der Waals surface area contributed by atoms with Gasteiger partial charge in [-0.2, -0.15) is 0 Å². The summed E-state index contributed by atoms with van der Waals surface area (Å²) >= 11 is 7.59. The van der Waals surface area contributed by atoms with Gasteiger partial charge < -0.3 is 4.42 Å². The summed E-state index contributed by atoms with van der Waals surface area (Å²) in [6, 6.07) is 11.4. The minimum Gasteiger partial charge on any atom is -0.462 e. The second-order valence-corrected chi connectivity index (χ2v) is 6.69. The molecule has 0 unspecified atom stereocenters. The van der Waals surface area contributed by atoms with Gasteiger partial charge in [0.15, 0.2) is 5.13 Å². The number of hydrogen-bond acceptors (Lipinski definition) is 4. The van der Waals surface area contributed by atoms with Gasteiger partial charge in [-0.05, 0) is 36.8 Å². The highest BCUT2D eigenvalue weighted by molar-refractivity contribution is 7.15. The largest absolute Gasteiger partial charge is 0.462 e. The molecule has 3 rings (SSSR count). The van der Waals surface area contributed by atoms with Gasteiger partial charge in [0.25, 0.3) is 0 Å². The molecule has 2 aromatic heterocycles. The third-order valence-corrected chi connectivity index (χ3v) is 4.55. The molecule has 3 aromatic rings. The summed E-state index contributed by atoms with van der Waals surface area (Å²) in [7, 11) is 0. The molecule has 0 radical (unpaired) electrons. The van der Waals surface area contributed by atoms with Crippen molar-refractivity contribution in [3.8, 4) is 0 Å². The Balaban J connectivity index is 1.60. The standard InChI is InChI=1S/C18H15ClN2O2S/c1-12-6-7-14(23-12)8-9-17(22)21-18-20-11-15(24-18)10-13-4-2-3-5-16(13)19/h2-9,11H,10H2,1H3,(H,20,21,22)/b9-8+. The summed E-state index contributed by atoms with van der Waals surface area (Å²) in [6.07, 6.45) is 5.49. The number of aromatic nitrogens is 1. The highest BCUT2D eigenvalue weighted by atomic mass is 35.5. The molecule has 0 bridgehead atoms. The number of hydrogen-bond donors (Lipinski definition) is 1. The van der Waals surface area contributed by atoms with E-state index in [2.05, 4.69) is 10.3 Å². The van der Waals surface area contributed by atoms with Crippen molar-refractivity contribution in [3.05, 3.63) is 75.7 Å². The summed E-state index contributed by atoms with van der Waals surface area (Å²) in [5.41, 5.74) is 1.04. The van der Waals surface area contributed by atoms with E-state index in [0.717, 1.165) is 21.2 Å². The average Bonchev–Trinajstić information content (AvgIpc) is 3.17. The molecule has 2 heterocycles. The van der Waals surface area contributed by atoms with Crippen molar-refractivity contribution in [2.75, 3.05) is 5.32 Å². The third-order valence-electron chi connectivity index (χ3n) is 3.27. The molecule has 6 heteroatoms. The second kappa shape index (κ2) is 7.47. The first kappa shape index (κ1) is 16.5. The predicted molar refractivity (Wildman–Crippen MR) is 97.5 cm³/mol. The van der Waals surface area contributed by atoms with Crippen molar-refractivity contribution in [1.29, 1.82) is 0 Å². The SMILES string of the molecule is Cc1ccc(/C=C/C(=O)Nc2ncc(Cc3ccccc3Cl)s2)o1. The normalized spacial score (nSPS) is 11.1.